The summed E-state index contributed by atoms with van der Waals surface area (Å²) in [5, 5.41) is 6.43. The molecule has 0 aliphatic carbocycles. The standard InChI is InChI=1S/C17H28N4O2S/c1-3-18-17(20-15-10-13-24(22,23)14-15)19-11-7-12-21(2)16-8-5-4-6-9-16/h4-6,8-9,15H,3,7,10-14H2,1-2H3,(H2,18,19,20). The van der Waals surface area contributed by atoms with Crippen LogP contribution in [0.15, 0.2) is 35.3 Å². The third-order valence-corrected chi connectivity index (χ3v) is 5.80. The van der Waals surface area contributed by atoms with Crippen molar-refractivity contribution >= 4 is 21.5 Å². The fourth-order valence-corrected chi connectivity index (χ4v) is 4.41. The number of aliphatic imine (C=N–C) groups is 1. The van der Waals surface area contributed by atoms with Gasteiger partial charge in [-0.1, -0.05) is 18.2 Å². The number of anilines is 1. The lowest BCUT2D eigenvalue weighted by Gasteiger charge is -2.19. The van der Waals surface area contributed by atoms with Crippen LogP contribution in [-0.2, 0) is 9.84 Å². The maximum atomic E-state index is 11.5. The van der Waals surface area contributed by atoms with Crippen molar-refractivity contribution in [1.82, 2.24) is 10.6 Å². The minimum Gasteiger partial charge on any atom is -0.375 e. The van der Waals surface area contributed by atoms with E-state index >= 15 is 0 Å². The summed E-state index contributed by atoms with van der Waals surface area (Å²) in [5.74, 6) is 1.18. The van der Waals surface area contributed by atoms with Crippen molar-refractivity contribution in [3.63, 3.8) is 0 Å². The van der Waals surface area contributed by atoms with Gasteiger partial charge in [-0.05, 0) is 31.9 Å². The van der Waals surface area contributed by atoms with Gasteiger partial charge in [-0.15, -0.1) is 0 Å². The Morgan fingerprint density at radius 1 is 1.33 bits per heavy atom. The second-order valence-corrected chi connectivity index (χ2v) is 8.34. The molecule has 0 spiro atoms. The molecule has 1 aliphatic heterocycles. The minimum absolute atomic E-state index is 0.0280. The zero-order valence-corrected chi connectivity index (χ0v) is 15.3. The summed E-state index contributed by atoms with van der Waals surface area (Å²) in [6.07, 6.45) is 1.59. The van der Waals surface area contributed by atoms with Gasteiger partial charge in [0, 0.05) is 38.4 Å². The molecule has 24 heavy (non-hydrogen) atoms. The molecule has 6 nitrogen and oxygen atoms in total. The lowest BCUT2D eigenvalue weighted by Crippen LogP contribution is -2.44. The summed E-state index contributed by atoms with van der Waals surface area (Å²) < 4.78 is 23.1. The van der Waals surface area contributed by atoms with Crippen molar-refractivity contribution in [1.29, 1.82) is 0 Å². The molecule has 1 heterocycles. The maximum Gasteiger partial charge on any atom is 0.191 e. The van der Waals surface area contributed by atoms with Gasteiger partial charge in [0.1, 0.15) is 0 Å². The molecule has 134 valence electrons. The molecule has 0 bridgehead atoms. The highest BCUT2D eigenvalue weighted by atomic mass is 32.2. The molecule has 7 heteroatoms. The number of sulfone groups is 1. The van der Waals surface area contributed by atoms with Crippen molar-refractivity contribution < 1.29 is 8.42 Å². The molecule has 0 saturated carbocycles. The Morgan fingerprint density at radius 3 is 2.71 bits per heavy atom. The predicted octanol–water partition coefficient (Wildman–Crippen LogP) is 1.26. The van der Waals surface area contributed by atoms with Crippen LogP contribution in [0.4, 0.5) is 5.69 Å². The normalized spacial score (nSPS) is 19.9. The highest BCUT2D eigenvalue weighted by Crippen LogP contribution is 2.12. The van der Waals surface area contributed by atoms with E-state index in [0.717, 1.165) is 19.5 Å². The van der Waals surface area contributed by atoms with Gasteiger partial charge in [-0.2, -0.15) is 0 Å². The second-order valence-electron chi connectivity index (χ2n) is 6.12. The topological polar surface area (TPSA) is 73.8 Å². The molecule has 1 saturated heterocycles. The zero-order chi connectivity index (χ0) is 17.4. The zero-order valence-electron chi connectivity index (χ0n) is 14.5. The van der Waals surface area contributed by atoms with E-state index in [9.17, 15) is 8.42 Å². The summed E-state index contributed by atoms with van der Waals surface area (Å²) in [6.45, 7) is 4.39. The summed E-state index contributed by atoms with van der Waals surface area (Å²) in [7, 11) is -0.800. The Hall–Kier alpha value is -1.76. The number of nitrogens with zero attached hydrogens (tertiary/aromatic N) is 2. The van der Waals surface area contributed by atoms with E-state index in [0.29, 0.717) is 18.9 Å². The number of guanidine groups is 1. The monoisotopic (exact) mass is 352 g/mol. The quantitative estimate of drug-likeness (QED) is 0.439. The number of hydrogen-bond acceptors (Lipinski definition) is 4. The lowest BCUT2D eigenvalue weighted by atomic mass is 10.3. The van der Waals surface area contributed by atoms with Crippen LogP contribution in [0.2, 0.25) is 0 Å². The SMILES string of the molecule is CCNC(=NCCCN(C)c1ccccc1)NC1CCS(=O)(=O)C1. The van der Waals surface area contributed by atoms with Gasteiger partial charge < -0.3 is 15.5 Å². The number of para-hydroxylation sites is 1. The molecule has 1 unspecified atom stereocenters. The molecule has 0 radical (unpaired) electrons. The number of rotatable bonds is 7. The first kappa shape index (κ1) is 18.6. The fraction of sp³-hybridized carbons (Fsp3) is 0.588. The molecule has 1 aliphatic rings. The van der Waals surface area contributed by atoms with Crippen LogP contribution in [0.1, 0.15) is 19.8 Å². The van der Waals surface area contributed by atoms with Gasteiger partial charge in [0.2, 0.25) is 0 Å². The molecular formula is C17H28N4O2S. The van der Waals surface area contributed by atoms with Crippen molar-refractivity contribution in [2.75, 3.05) is 43.1 Å². The minimum atomic E-state index is -2.88. The number of benzene rings is 1. The van der Waals surface area contributed by atoms with Crippen LogP contribution in [0.3, 0.4) is 0 Å². The Morgan fingerprint density at radius 2 is 2.08 bits per heavy atom. The smallest absolute Gasteiger partial charge is 0.191 e. The summed E-state index contributed by atoms with van der Waals surface area (Å²) in [4.78, 5) is 6.77. The Balaban J connectivity index is 1.78. The van der Waals surface area contributed by atoms with E-state index in [1.807, 2.05) is 25.1 Å². The second kappa shape index (κ2) is 8.92. The molecule has 1 aromatic rings. The molecule has 1 atom stereocenters. The van der Waals surface area contributed by atoms with E-state index in [1.54, 1.807) is 0 Å². The maximum absolute atomic E-state index is 11.5. The molecule has 0 amide bonds. The first-order valence-electron chi connectivity index (χ1n) is 8.51. The third kappa shape index (κ3) is 6.03. The molecular weight excluding hydrogens is 324 g/mol. The molecule has 1 fully saturated rings. The van der Waals surface area contributed by atoms with E-state index in [2.05, 4.69) is 39.7 Å². The highest BCUT2D eigenvalue weighted by molar-refractivity contribution is 7.91. The van der Waals surface area contributed by atoms with Crippen LogP contribution in [-0.4, -0.2) is 58.6 Å². The molecule has 2 N–H and O–H groups in total. The van der Waals surface area contributed by atoms with Crippen LogP contribution in [0, 0.1) is 0 Å². The lowest BCUT2D eigenvalue weighted by molar-refractivity contribution is 0.599. The van der Waals surface area contributed by atoms with Crippen LogP contribution < -0.4 is 15.5 Å². The van der Waals surface area contributed by atoms with E-state index < -0.39 is 9.84 Å². The average molecular weight is 353 g/mol. The third-order valence-electron chi connectivity index (χ3n) is 4.04. The fourth-order valence-electron chi connectivity index (χ4n) is 2.73. The highest BCUT2D eigenvalue weighted by Gasteiger charge is 2.28. The van der Waals surface area contributed by atoms with Gasteiger partial charge in [-0.3, -0.25) is 4.99 Å². The Kier molecular flexibility index (Phi) is 6.90. The molecule has 0 aromatic heterocycles. The average Bonchev–Trinajstić information content (AvgIpc) is 2.91. The van der Waals surface area contributed by atoms with E-state index in [-0.39, 0.29) is 17.5 Å². The first-order chi connectivity index (χ1) is 11.5. The van der Waals surface area contributed by atoms with Gasteiger partial charge >= 0.3 is 0 Å². The van der Waals surface area contributed by atoms with E-state index in [1.165, 1.54) is 5.69 Å². The largest absolute Gasteiger partial charge is 0.375 e. The van der Waals surface area contributed by atoms with Crippen LogP contribution in [0.5, 0.6) is 0 Å². The molecule has 2 rings (SSSR count). The first-order valence-corrected chi connectivity index (χ1v) is 10.3. The van der Waals surface area contributed by atoms with Crippen molar-refractivity contribution in [3.05, 3.63) is 30.3 Å². The van der Waals surface area contributed by atoms with Crippen molar-refractivity contribution in [2.24, 2.45) is 4.99 Å². The van der Waals surface area contributed by atoms with Crippen LogP contribution in [0.25, 0.3) is 0 Å². The van der Waals surface area contributed by atoms with Crippen LogP contribution >= 0.6 is 0 Å². The summed E-state index contributed by atoms with van der Waals surface area (Å²) in [6, 6.07) is 10.2. The number of hydrogen-bond donors (Lipinski definition) is 2. The predicted molar refractivity (Wildman–Crippen MR) is 101 cm³/mol. The Labute approximate surface area is 145 Å². The van der Waals surface area contributed by atoms with Crippen molar-refractivity contribution in [3.8, 4) is 0 Å². The van der Waals surface area contributed by atoms with Gasteiger partial charge in [0.25, 0.3) is 0 Å². The van der Waals surface area contributed by atoms with Gasteiger partial charge in [-0.25, -0.2) is 8.42 Å². The van der Waals surface area contributed by atoms with Gasteiger partial charge in [0.05, 0.1) is 11.5 Å². The van der Waals surface area contributed by atoms with Gasteiger partial charge in [0.15, 0.2) is 15.8 Å². The van der Waals surface area contributed by atoms with Crippen molar-refractivity contribution in [2.45, 2.75) is 25.8 Å². The summed E-state index contributed by atoms with van der Waals surface area (Å²) in [5.41, 5.74) is 1.20. The van der Waals surface area contributed by atoms with E-state index in [4.69, 9.17) is 0 Å². The Bertz CT molecular complexity index is 631. The number of nitrogens with one attached hydrogen (secondary N) is 2. The summed E-state index contributed by atoms with van der Waals surface area (Å²) >= 11 is 0. The molecule has 1 aromatic carbocycles.